The van der Waals surface area contributed by atoms with E-state index in [-0.39, 0.29) is 10.7 Å². The number of hydrogen-bond donors (Lipinski definition) is 1. The van der Waals surface area contributed by atoms with Gasteiger partial charge in [-0.3, -0.25) is 4.79 Å². The maximum atomic E-state index is 11.7. The number of nitrogens with zero attached hydrogens (tertiary/aromatic N) is 1. The molecule has 0 atom stereocenters. The maximum Gasteiger partial charge on any atom is 0.275 e. The first-order valence-corrected chi connectivity index (χ1v) is 5.73. The smallest absolute Gasteiger partial charge is 0.275 e. The number of thioether (sulfide) groups is 1. The summed E-state index contributed by atoms with van der Waals surface area (Å²) >= 11 is 1.64. The summed E-state index contributed by atoms with van der Waals surface area (Å²) in [5, 5.41) is 0. The Balaban J connectivity index is 3.09. The lowest BCUT2D eigenvalue weighted by atomic mass is 10.3. The average Bonchev–Trinajstić information content (AvgIpc) is 2.29. The first-order valence-electron chi connectivity index (χ1n) is 4.91. The van der Waals surface area contributed by atoms with E-state index in [9.17, 15) is 4.79 Å². The summed E-state index contributed by atoms with van der Waals surface area (Å²) in [5.41, 5.74) is 7.09. The molecule has 0 aromatic carbocycles. The predicted molar refractivity (Wildman–Crippen MR) is 65.1 cm³/mol. The number of nitrogens with two attached hydrogens (primary N) is 1. The summed E-state index contributed by atoms with van der Waals surface area (Å²) in [7, 11) is 1.75. The minimum atomic E-state index is -0.102. The lowest BCUT2D eigenvalue weighted by molar-refractivity contribution is -0.123. The van der Waals surface area contributed by atoms with Gasteiger partial charge in [0.2, 0.25) is 0 Å². The number of carbonyl (C=O) groups is 1. The molecule has 0 unspecified atom stereocenters. The van der Waals surface area contributed by atoms with E-state index in [4.69, 9.17) is 5.73 Å². The van der Waals surface area contributed by atoms with Crippen molar-refractivity contribution < 1.29 is 4.79 Å². The fraction of sp³-hybridized carbons (Fsp3) is 0.545. The standard InChI is InChI=1S/C11H18N2OS/c1-6-7-9(15-11(2,3)4)8(12)10(14)13(7)5/h6H,12H2,1-5H3/b7-6-. The first kappa shape index (κ1) is 12.2. The van der Waals surface area contributed by atoms with E-state index in [1.807, 2.05) is 13.0 Å². The zero-order valence-corrected chi connectivity index (χ0v) is 10.7. The van der Waals surface area contributed by atoms with Crippen LogP contribution in [-0.4, -0.2) is 22.6 Å². The summed E-state index contributed by atoms with van der Waals surface area (Å²) in [6.07, 6.45) is 1.92. The number of allylic oxidation sites excluding steroid dienone is 1. The second kappa shape index (κ2) is 3.93. The zero-order valence-electron chi connectivity index (χ0n) is 9.92. The van der Waals surface area contributed by atoms with Gasteiger partial charge < -0.3 is 10.6 Å². The Bertz CT molecular complexity index is 350. The molecule has 0 aromatic heterocycles. The van der Waals surface area contributed by atoms with Gasteiger partial charge in [-0.25, -0.2) is 0 Å². The number of rotatable bonds is 1. The Morgan fingerprint density at radius 1 is 1.40 bits per heavy atom. The molecular formula is C11H18N2OS. The highest BCUT2D eigenvalue weighted by molar-refractivity contribution is 8.04. The number of amides is 1. The van der Waals surface area contributed by atoms with Gasteiger partial charge in [0.05, 0.1) is 10.6 Å². The summed E-state index contributed by atoms with van der Waals surface area (Å²) in [6.45, 7) is 8.23. The van der Waals surface area contributed by atoms with Gasteiger partial charge in [-0.15, -0.1) is 11.8 Å². The zero-order chi connectivity index (χ0) is 11.8. The summed E-state index contributed by atoms with van der Waals surface area (Å²) in [6, 6.07) is 0. The first-order chi connectivity index (χ1) is 6.78. The van der Waals surface area contributed by atoms with Crippen molar-refractivity contribution in [1.82, 2.24) is 4.90 Å². The van der Waals surface area contributed by atoms with Crippen LogP contribution in [0.15, 0.2) is 22.4 Å². The predicted octanol–water partition coefficient (Wildman–Crippen LogP) is 2.06. The van der Waals surface area contributed by atoms with E-state index < -0.39 is 0 Å². The van der Waals surface area contributed by atoms with Crippen LogP contribution in [0.5, 0.6) is 0 Å². The Morgan fingerprint density at radius 2 is 1.93 bits per heavy atom. The van der Waals surface area contributed by atoms with E-state index in [1.54, 1.807) is 23.7 Å². The third-order valence-corrected chi connectivity index (χ3v) is 3.30. The fourth-order valence-corrected chi connectivity index (χ4v) is 2.58. The van der Waals surface area contributed by atoms with Gasteiger partial charge >= 0.3 is 0 Å². The lowest BCUT2D eigenvalue weighted by Gasteiger charge is -2.20. The third kappa shape index (κ3) is 2.37. The van der Waals surface area contributed by atoms with Crippen LogP contribution in [0.3, 0.4) is 0 Å². The van der Waals surface area contributed by atoms with Crippen LogP contribution in [0.4, 0.5) is 0 Å². The largest absolute Gasteiger partial charge is 0.393 e. The van der Waals surface area contributed by atoms with Crippen LogP contribution < -0.4 is 5.73 Å². The Labute approximate surface area is 95.4 Å². The maximum absolute atomic E-state index is 11.7. The third-order valence-electron chi connectivity index (χ3n) is 2.06. The van der Waals surface area contributed by atoms with Crippen molar-refractivity contribution in [2.24, 2.45) is 5.73 Å². The average molecular weight is 226 g/mol. The molecule has 0 saturated heterocycles. The fourth-order valence-electron chi connectivity index (χ4n) is 1.42. The van der Waals surface area contributed by atoms with Crippen molar-refractivity contribution in [1.29, 1.82) is 0 Å². The number of carbonyl (C=O) groups excluding carboxylic acids is 1. The van der Waals surface area contributed by atoms with E-state index >= 15 is 0 Å². The van der Waals surface area contributed by atoms with E-state index in [2.05, 4.69) is 20.8 Å². The molecule has 4 heteroatoms. The monoisotopic (exact) mass is 226 g/mol. The normalized spacial score (nSPS) is 20.7. The Hall–Kier alpha value is -0.900. The SMILES string of the molecule is C/C=C1/C(SC(C)(C)C)=C(N)C(=O)N1C. The Morgan fingerprint density at radius 3 is 2.33 bits per heavy atom. The molecule has 1 aliphatic rings. The van der Waals surface area contributed by atoms with Crippen molar-refractivity contribution in [3.63, 3.8) is 0 Å². The summed E-state index contributed by atoms with van der Waals surface area (Å²) < 4.78 is 0.0552. The number of likely N-dealkylation sites (N-methyl/N-ethyl adjacent to an activating group) is 1. The van der Waals surface area contributed by atoms with E-state index in [1.165, 1.54) is 0 Å². The molecule has 84 valence electrons. The molecule has 1 rings (SSSR count). The van der Waals surface area contributed by atoms with Gasteiger partial charge in [-0.05, 0) is 6.92 Å². The topological polar surface area (TPSA) is 46.3 Å². The molecule has 0 fully saturated rings. The molecule has 1 heterocycles. The molecule has 15 heavy (non-hydrogen) atoms. The lowest BCUT2D eigenvalue weighted by Crippen LogP contribution is -2.23. The molecule has 2 N–H and O–H groups in total. The van der Waals surface area contributed by atoms with Gasteiger partial charge in [-0.1, -0.05) is 26.8 Å². The molecule has 1 amide bonds. The molecule has 0 radical (unpaired) electrons. The van der Waals surface area contributed by atoms with Gasteiger partial charge in [-0.2, -0.15) is 0 Å². The Kier molecular flexibility index (Phi) is 3.19. The van der Waals surface area contributed by atoms with Crippen molar-refractivity contribution in [2.45, 2.75) is 32.4 Å². The minimum Gasteiger partial charge on any atom is -0.393 e. The van der Waals surface area contributed by atoms with Crippen LogP contribution in [0.2, 0.25) is 0 Å². The summed E-state index contributed by atoms with van der Waals surface area (Å²) in [4.78, 5) is 14.2. The van der Waals surface area contributed by atoms with Gasteiger partial charge in [0, 0.05) is 11.8 Å². The van der Waals surface area contributed by atoms with Crippen LogP contribution >= 0.6 is 11.8 Å². The van der Waals surface area contributed by atoms with E-state index in [0.29, 0.717) is 5.70 Å². The van der Waals surface area contributed by atoms with E-state index in [0.717, 1.165) is 10.6 Å². The van der Waals surface area contributed by atoms with Crippen molar-refractivity contribution in [3.8, 4) is 0 Å². The van der Waals surface area contributed by atoms with Crippen LogP contribution in [-0.2, 0) is 4.79 Å². The highest BCUT2D eigenvalue weighted by Gasteiger charge is 2.32. The van der Waals surface area contributed by atoms with Crippen molar-refractivity contribution in [3.05, 3.63) is 22.4 Å². The molecule has 0 aliphatic carbocycles. The van der Waals surface area contributed by atoms with Gasteiger partial charge in [0.15, 0.2) is 0 Å². The second-order valence-corrected chi connectivity index (χ2v) is 6.33. The molecule has 0 aromatic rings. The quantitative estimate of drug-likeness (QED) is 0.744. The molecule has 0 spiro atoms. The molecule has 1 aliphatic heterocycles. The number of hydrogen-bond acceptors (Lipinski definition) is 3. The highest BCUT2D eigenvalue weighted by atomic mass is 32.2. The van der Waals surface area contributed by atoms with Gasteiger partial charge in [0.1, 0.15) is 5.70 Å². The molecule has 0 saturated carbocycles. The molecular weight excluding hydrogens is 208 g/mol. The van der Waals surface area contributed by atoms with Crippen LogP contribution in [0.1, 0.15) is 27.7 Å². The van der Waals surface area contributed by atoms with Crippen molar-refractivity contribution >= 4 is 17.7 Å². The van der Waals surface area contributed by atoms with Crippen LogP contribution in [0.25, 0.3) is 0 Å². The van der Waals surface area contributed by atoms with Crippen molar-refractivity contribution in [2.75, 3.05) is 7.05 Å². The second-order valence-electron chi connectivity index (χ2n) is 4.50. The summed E-state index contributed by atoms with van der Waals surface area (Å²) in [5.74, 6) is -0.102. The molecule has 3 nitrogen and oxygen atoms in total. The minimum absolute atomic E-state index is 0.0552. The highest BCUT2D eigenvalue weighted by Crippen LogP contribution is 2.40. The molecule has 0 bridgehead atoms. The van der Waals surface area contributed by atoms with Crippen LogP contribution in [0, 0.1) is 0 Å². The van der Waals surface area contributed by atoms with Gasteiger partial charge in [0.25, 0.3) is 5.91 Å².